The number of pyridine rings is 1. The Labute approximate surface area is 270 Å². The van der Waals surface area contributed by atoms with E-state index in [0.29, 0.717) is 46.1 Å². The van der Waals surface area contributed by atoms with Crippen LogP contribution in [0.25, 0.3) is 0 Å². The second-order valence-electron chi connectivity index (χ2n) is 11.4. The molecule has 0 bridgehead atoms. The number of nitriles is 1. The van der Waals surface area contributed by atoms with Gasteiger partial charge in [0, 0.05) is 46.9 Å². The standard InChI is InChI=1S/C32H29Cl2FN4O5S/c33-24-3-1-4-25(34)22(24)19-44-29-13-9-23-26(37-29)10-12-28-32(23,45(42,43)21-7-5-20(35)6-8-21)15-18-39(28)31(41)27-11-14-30(40)38(27)17-2-16-36/h1,3-9,13,27-28H,2,10-12,14-15,17-19H2/t27-,28?,32?/m0/s1. The number of carbonyl (C=O) groups excluding carboxylic acids is 2. The third kappa shape index (κ3) is 5.33. The summed E-state index contributed by atoms with van der Waals surface area (Å²) in [6.07, 6.45) is 1.34. The van der Waals surface area contributed by atoms with Crippen molar-refractivity contribution in [2.75, 3.05) is 13.1 Å². The lowest BCUT2D eigenvalue weighted by Gasteiger charge is -2.42. The summed E-state index contributed by atoms with van der Waals surface area (Å²) < 4.78 is 47.5. The van der Waals surface area contributed by atoms with E-state index in [0.717, 1.165) is 12.1 Å². The number of halogens is 3. The molecule has 0 N–H and O–H groups in total. The molecule has 45 heavy (non-hydrogen) atoms. The molecule has 2 unspecified atom stereocenters. The van der Waals surface area contributed by atoms with Gasteiger partial charge in [-0.1, -0.05) is 35.3 Å². The predicted octanol–water partition coefficient (Wildman–Crippen LogP) is 5.23. The lowest BCUT2D eigenvalue weighted by atomic mass is 9.81. The molecule has 234 valence electrons. The summed E-state index contributed by atoms with van der Waals surface area (Å²) in [5.41, 5.74) is 1.58. The van der Waals surface area contributed by atoms with Crippen molar-refractivity contribution in [3.63, 3.8) is 0 Å². The number of aryl methyl sites for hydroxylation is 1. The van der Waals surface area contributed by atoms with Gasteiger partial charge in [0.1, 0.15) is 23.2 Å². The second-order valence-corrected chi connectivity index (χ2v) is 14.4. The van der Waals surface area contributed by atoms with E-state index in [-0.39, 0.29) is 61.5 Å². The molecule has 3 aromatic rings. The van der Waals surface area contributed by atoms with E-state index in [1.165, 1.54) is 17.0 Å². The first-order valence-electron chi connectivity index (χ1n) is 14.6. The van der Waals surface area contributed by atoms with Gasteiger partial charge < -0.3 is 14.5 Å². The van der Waals surface area contributed by atoms with E-state index < -0.39 is 32.5 Å². The third-order valence-corrected chi connectivity index (χ3v) is 12.3. The van der Waals surface area contributed by atoms with Crippen molar-refractivity contribution in [1.29, 1.82) is 5.26 Å². The minimum absolute atomic E-state index is 0.0522. The number of rotatable bonds is 8. The first-order valence-corrected chi connectivity index (χ1v) is 16.9. The second kappa shape index (κ2) is 12.2. The zero-order valence-corrected chi connectivity index (χ0v) is 26.4. The number of benzene rings is 2. The Morgan fingerprint density at radius 3 is 2.53 bits per heavy atom. The highest BCUT2D eigenvalue weighted by Gasteiger charge is 2.62. The van der Waals surface area contributed by atoms with Gasteiger partial charge in [0.15, 0.2) is 9.84 Å². The van der Waals surface area contributed by atoms with Gasteiger partial charge in [0.25, 0.3) is 0 Å². The van der Waals surface area contributed by atoms with Crippen molar-refractivity contribution in [3.05, 3.63) is 87.3 Å². The predicted molar refractivity (Wildman–Crippen MR) is 164 cm³/mol. The number of sulfone groups is 1. The topological polar surface area (TPSA) is 121 Å². The van der Waals surface area contributed by atoms with Gasteiger partial charge in [-0.3, -0.25) is 9.59 Å². The summed E-state index contributed by atoms with van der Waals surface area (Å²) in [6.45, 7) is 0.332. The molecule has 3 atom stereocenters. The SMILES string of the molecule is N#CCCN1C(=O)CC[C@H]1C(=O)N1CCC2(S(=O)(=O)c3ccc(F)cc3)c3ccc(OCc4c(Cl)cccc4Cl)nc3CCC12. The molecular weight excluding hydrogens is 642 g/mol. The van der Waals surface area contributed by atoms with Gasteiger partial charge in [0.05, 0.1) is 23.4 Å². The van der Waals surface area contributed by atoms with Gasteiger partial charge in [-0.05, 0) is 67.6 Å². The molecule has 9 nitrogen and oxygen atoms in total. The van der Waals surface area contributed by atoms with E-state index in [9.17, 15) is 22.4 Å². The Kier molecular flexibility index (Phi) is 8.50. The lowest BCUT2D eigenvalue weighted by molar-refractivity contribution is -0.142. The molecule has 2 amide bonds. The van der Waals surface area contributed by atoms with Crippen LogP contribution in [0.15, 0.2) is 59.5 Å². The van der Waals surface area contributed by atoms with Crippen LogP contribution >= 0.6 is 23.2 Å². The Balaban J connectivity index is 1.38. The fraction of sp³-hybridized carbons (Fsp3) is 0.375. The van der Waals surface area contributed by atoms with E-state index in [1.54, 1.807) is 35.2 Å². The van der Waals surface area contributed by atoms with Crippen LogP contribution in [0.1, 0.15) is 48.9 Å². The Morgan fingerprint density at radius 1 is 1.09 bits per heavy atom. The largest absolute Gasteiger partial charge is 0.473 e. The van der Waals surface area contributed by atoms with Crippen LogP contribution in [0.2, 0.25) is 10.0 Å². The summed E-state index contributed by atoms with van der Waals surface area (Å²) in [7, 11) is -4.20. The molecule has 3 heterocycles. The number of carbonyl (C=O) groups is 2. The first-order chi connectivity index (χ1) is 21.6. The molecule has 1 aromatic heterocycles. The molecule has 0 radical (unpaired) electrons. The molecule has 2 saturated heterocycles. The third-order valence-electron chi connectivity index (χ3n) is 9.09. The van der Waals surface area contributed by atoms with Gasteiger partial charge in [-0.15, -0.1) is 0 Å². The van der Waals surface area contributed by atoms with E-state index >= 15 is 0 Å². The molecule has 2 fully saturated rings. The number of hydrogen-bond donors (Lipinski definition) is 0. The summed E-state index contributed by atoms with van der Waals surface area (Å²) in [5.74, 6) is -0.827. The zero-order valence-electron chi connectivity index (χ0n) is 24.1. The molecule has 0 saturated carbocycles. The summed E-state index contributed by atoms with van der Waals surface area (Å²) in [6, 6.07) is 13.6. The maximum atomic E-state index is 14.6. The molecule has 0 spiro atoms. The maximum Gasteiger partial charge on any atom is 0.245 e. The first kappa shape index (κ1) is 31.3. The van der Waals surface area contributed by atoms with Crippen molar-refractivity contribution >= 4 is 44.9 Å². The fourth-order valence-corrected chi connectivity index (χ4v) is 9.83. The summed E-state index contributed by atoms with van der Waals surface area (Å²) >= 11 is 12.6. The molecular formula is C32H29Cl2FN4O5S. The normalized spacial score (nSPS) is 22.6. The molecule has 6 rings (SSSR count). The Hall–Kier alpha value is -3.72. The molecule has 1 aliphatic carbocycles. The van der Waals surface area contributed by atoms with Crippen LogP contribution in [-0.2, 0) is 37.2 Å². The number of ether oxygens (including phenoxy) is 1. The fourth-order valence-electron chi connectivity index (χ4n) is 6.97. The lowest BCUT2D eigenvalue weighted by Crippen LogP contribution is -2.55. The number of amides is 2. The monoisotopic (exact) mass is 670 g/mol. The highest BCUT2D eigenvalue weighted by Crippen LogP contribution is 2.53. The Morgan fingerprint density at radius 2 is 1.82 bits per heavy atom. The van der Waals surface area contributed by atoms with Crippen LogP contribution in [0.4, 0.5) is 4.39 Å². The highest BCUT2D eigenvalue weighted by molar-refractivity contribution is 7.92. The Bertz CT molecular complexity index is 1800. The number of likely N-dealkylation sites (tertiary alicyclic amines) is 2. The maximum absolute atomic E-state index is 14.6. The van der Waals surface area contributed by atoms with Crippen molar-refractivity contribution in [3.8, 4) is 11.9 Å². The van der Waals surface area contributed by atoms with E-state index in [1.807, 2.05) is 6.07 Å². The van der Waals surface area contributed by atoms with Crippen LogP contribution in [0, 0.1) is 17.1 Å². The van der Waals surface area contributed by atoms with Crippen molar-refractivity contribution in [2.45, 2.75) is 66.9 Å². The smallest absolute Gasteiger partial charge is 0.245 e. The van der Waals surface area contributed by atoms with E-state index in [2.05, 4.69) is 0 Å². The number of nitrogens with zero attached hydrogens (tertiary/aromatic N) is 4. The highest BCUT2D eigenvalue weighted by atomic mass is 35.5. The van der Waals surface area contributed by atoms with Crippen LogP contribution < -0.4 is 4.74 Å². The van der Waals surface area contributed by atoms with Crippen molar-refractivity contribution < 1.29 is 27.1 Å². The average molecular weight is 672 g/mol. The van der Waals surface area contributed by atoms with Gasteiger partial charge >= 0.3 is 0 Å². The molecule has 3 aliphatic rings. The average Bonchev–Trinajstić information content (AvgIpc) is 3.61. The van der Waals surface area contributed by atoms with E-state index in [4.69, 9.17) is 38.2 Å². The summed E-state index contributed by atoms with van der Waals surface area (Å²) in [4.78, 5) is 34.3. The van der Waals surface area contributed by atoms with Gasteiger partial charge in [-0.25, -0.2) is 17.8 Å². The van der Waals surface area contributed by atoms with Gasteiger partial charge in [0.2, 0.25) is 17.7 Å². The van der Waals surface area contributed by atoms with Crippen molar-refractivity contribution in [2.24, 2.45) is 0 Å². The van der Waals surface area contributed by atoms with Gasteiger partial charge in [-0.2, -0.15) is 5.26 Å². The minimum atomic E-state index is -4.20. The van der Waals surface area contributed by atoms with Crippen molar-refractivity contribution in [1.82, 2.24) is 14.8 Å². The number of hydrogen-bond acceptors (Lipinski definition) is 7. The summed E-state index contributed by atoms with van der Waals surface area (Å²) in [5, 5.41) is 9.97. The van der Waals surface area contributed by atoms with Crippen LogP contribution in [0.5, 0.6) is 5.88 Å². The minimum Gasteiger partial charge on any atom is -0.473 e. The molecule has 13 heteroatoms. The zero-order chi connectivity index (χ0) is 31.9. The quantitative estimate of drug-likeness (QED) is 0.301. The molecule has 2 aromatic carbocycles. The number of aromatic nitrogens is 1. The van der Waals surface area contributed by atoms with Crippen LogP contribution in [0.3, 0.4) is 0 Å². The molecule has 2 aliphatic heterocycles. The van der Waals surface area contributed by atoms with Crippen LogP contribution in [-0.4, -0.2) is 60.2 Å². The number of fused-ring (bicyclic) bond motifs is 3.